The quantitative estimate of drug-likeness (QED) is 0.636. The zero-order chi connectivity index (χ0) is 18.0. The Morgan fingerprint density at radius 2 is 1.88 bits per heavy atom. The average Bonchev–Trinajstić information content (AvgIpc) is 2.56. The average molecular weight is 357 g/mol. The van der Waals surface area contributed by atoms with Crippen molar-refractivity contribution in [2.45, 2.75) is 13.0 Å². The van der Waals surface area contributed by atoms with E-state index in [2.05, 4.69) is 16.0 Å². The van der Waals surface area contributed by atoms with E-state index in [0.717, 1.165) is 0 Å². The molecule has 0 bridgehead atoms. The maximum absolute atomic E-state index is 13.0. The lowest BCUT2D eigenvalue weighted by Crippen LogP contribution is -2.45. The van der Waals surface area contributed by atoms with Crippen molar-refractivity contribution < 1.29 is 14.3 Å². The summed E-state index contributed by atoms with van der Waals surface area (Å²) in [6.07, 6.45) is 0. The molecule has 1 atom stereocenters. The number of phenolic OH excluding ortho intramolecular Hbond substituents is 1. The molecule has 1 unspecified atom stereocenters. The third kappa shape index (κ3) is 3.61. The number of amides is 1. The summed E-state index contributed by atoms with van der Waals surface area (Å²) in [6.45, 7) is 1.74. The van der Waals surface area contributed by atoms with E-state index in [1.54, 1.807) is 31.2 Å². The fourth-order valence-corrected chi connectivity index (χ4v) is 2.96. The Kier molecular flexibility index (Phi) is 4.67. The Bertz CT molecular complexity index is 865. The molecule has 7 heteroatoms. The zero-order valence-corrected chi connectivity index (χ0v) is 14.2. The molecule has 1 heterocycles. The van der Waals surface area contributed by atoms with Crippen LogP contribution in [0.4, 0.5) is 10.1 Å². The summed E-state index contributed by atoms with van der Waals surface area (Å²) in [5.41, 5.74) is 1.97. The van der Waals surface area contributed by atoms with Crippen molar-refractivity contribution in [2.24, 2.45) is 0 Å². The number of hydrogen-bond donors (Lipinski definition) is 4. The van der Waals surface area contributed by atoms with Crippen LogP contribution < -0.4 is 16.0 Å². The number of carbonyl (C=O) groups is 1. The molecule has 2 aromatic carbocycles. The summed E-state index contributed by atoms with van der Waals surface area (Å²) >= 11 is 5.18. The number of allylic oxidation sites excluding steroid dienone is 1. The molecule has 2 aromatic rings. The van der Waals surface area contributed by atoms with Crippen LogP contribution in [0.5, 0.6) is 5.75 Å². The second kappa shape index (κ2) is 6.90. The van der Waals surface area contributed by atoms with Crippen molar-refractivity contribution in [1.82, 2.24) is 10.6 Å². The molecule has 0 saturated heterocycles. The molecule has 0 fully saturated rings. The molecule has 0 aromatic heterocycles. The summed E-state index contributed by atoms with van der Waals surface area (Å²) in [7, 11) is 0. The van der Waals surface area contributed by atoms with Gasteiger partial charge in [0.2, 0.25) is 0 Å². The molecular formula is C18H16FN3O2S. The van der Waals surface area contributed by atoms with Crippen LogP contribution in [0.25, 0.3) is 0 Å². The monoisotopic (exact) mass is 357 g/mol. The van der Waals surface area contributed by atoms with E-state index in [1.807, 2.05) is 0 Å². The number of para-hydroxylation sites is 1. The summed E-state index contributed by atoms with van der Waals surface area (Å²) in [6, 6.07) is 11.6. The highest BCUT2D eigenvalue weighted by Crippen LogP contribution is 2.32. The third-order valence-corrected chi connectivity index (χ3v) is 4.08. The Morgan fingerprint density at radius 1 is 1.20 bits per heavy atom. The largest absolute Gasteiger partial charge is 0.508 e. The zero-order valence-electron chi connectivity index (χ0n) is 13.3. The summed E-state index contributed by atoms with van der Waals surface area (Å²) in [5, 5.41) is 19.2. The van der Waals surface area contributed by atoms with Crippen molar-refractivity contribution >= 4 is 28.9 Å². The topological polar surface area (TPSA) is 73.4 Å². The van der Waals surface area contributed by atoms with E-state index in [4.69, 9.17) is 12.2 Å². The van der Waals surface area contributed by atoms with E-state index in [1.165, 1.54) is 24.3 Å². The number of aromatic hydroxyl groups is 1. The molecular weight excluding hydrogens is 341 g/mol. The third-order valence-electron chi connectivity index (χ3n) is 3.86. The van der Waals surface area contributed by atoms with Gasteiger partial charge >= 0.3 is 0 Å². The molecule has 4 N–H and O–H groups in total. The van der Waals surface area contributed by atoms with Crippen LogP contribution in [0.2, 0.25) is 0 Å². The van der Waals surface area contributed by atoms with Gasteiger partial charge in [-0.3, -0.25) is 4.79 Å². The predicted octanol–water partition coefficient (Wildman–Crippen LogP) is 2.96. The van der Waals surface area contributed by atoms with Gasteiger partial charge in [0.25, 0.3) is 5.91 Å². The number of phenols is 1. The highest BCUT2D eigenvalue weighted by Gasteiger charge is 2.31. The highest BCUT2D eigenvalue weighted by molar-refractivity contribution is 7.80. The van der Waals surface area contributed by atoms with Crippen LogP contribution in [0.3, 0.4) is 0 Å². The Balaban J connectivity index is 1.96. The number of benzene rings is 2. The number of rotatable bonds is 3. The number of carbonyl (C=O) groups excluding carboxylic acids is 1. The smallest absolute Gasteiger partial charge is 0.255 e. The van der Waals surface area contributed by atoms with Crippen molar-refractivity contribution in [1.29, 1.82) is 0 Å². The van der Waals surface area contributed by atoms with E-state index in [0.29, 0.717) is 27.6 Å². The Morgan fingerprint density at radius 3 is 2.56 bits per heavy atom. The van der Waals surface area contributed by atoms with Gasteiger partial charge in [-0.05, 0) is 49.5 Å². The minimum atomic E-state index is -0.601. The maximum Gasteiger partial charge on any atom is 0.255 e. The molecule has 0 saturated carbocycles. The Labute approximate surface area is 149 Å². The molecule has 128 valence electrons. The van der Waals surface area contributed by atoms with Crippen LogP contribution >= 0.6 is 12.2 Å². The summed E-state index contributed by atoms with van der Waals surface area (Å²) < 4.78 is 13.0. The molecule has 3 rings (SSSR count). The van der Waals surface area contributed by atoms with Crippen LogP contribution in [0.15, 0.2) is 59.8 Å². The van der Waals surface area contributed by atoms with Gasteiger partial charge in [-0.15, -0.1) is 0 Å². The number of halogens is 1. The number of thiocarbonyl (C=S) groups is 1. The van der Waals surface area contributed by atoms with Gasteiger partial charge in [-0.2, -0.15) is 0 Å². The predicted molar refractivity (Wildman–Crippen MR) is 97.4 cm³/mol. The maximum atomic E-state index is 13.0. The van der Waals surface area contributed by atoms with Crippen LogP contribution in [0.1, 0.15) is 18.5 Å². The molecule has 5 nitrogen and oxygen atoms in total. The van der Waals surface area contributed by atoms with Gasteiger partial charge in [0.05, 0.1) is 11.6 Å². The Hall–Kier alpha value is -2.93. The normalized spacial score (nSPS) is 16.9. The van der Waals surface area contributed by atoms with Gasteiger partial charge in [-0.25, -0.2) is 4.39 Å². The lowest BCUT2D eigenvalue weighted by Gasteiger charge is -2.30. The van der Waals surface area contributed by atoms with Gasteiger partial charge in [0.15, 0.2) is 5.11 Å². The van der Waals surface area contributed by atoms with Crippen molar-refractivity contribution in [3.05, 3.63) is 71.2 Å². The second-order valence-corrected chi connectivity index (χ2v) is 6.00. The van der Waals surface area contributed by atoms with Crippen molar-refractivity contribution in [2.75, 3.05) is 5.32 Å². The molecule has 25 heavy (non-hydrogen) atoms. The lowest BCUT2D eigenvalue weighted by atomic mass is 9.94. The highest BCUT2D eigenvalue weighted by atomic mass is 32.1. The van der Waals surface area contributed by atoms with Gasteiger partial charge in [0, 0.05) is 16.9 Å². The molecule has 1 aliphatic rings. The van der Waals surface area contributed by atoms with Gasteiger partial charge in [0.1, 0.15) is 11.6 Å². The molecule has 1 aliphatic heterocycles. The van der Waals surface area contributed by atoms with Crippen LogP contribution in [0, 0.1) is 5.82 Å². The molecule has 0 radical (unpaired) electrons. The number of nitrogens with one attached hydrogen (secondary N) is 3. The van der Waals surface area contributed by atoms with Crippen molar-refractivity contribution in [3.8, 4) is 5.75 Å². The fourth-order valence-electron chi connectivity index (χ4n) is 2.69. The molecule has 1 amide bonds. The standard InChI is InChI=1S/C18H16FN3O2S/c1-10-15(17(24)21-12-8-6-11(19)7-9-12)16(22-18(25)20-10)13-4-2-3-5-14(13)23/h2-9,16,23H,1H3,(H,21,24)(H2,20,22,25). The van der Waals surface area contributed by atoms with Crippen molar-refractivity contribution in [3.63, 3.8) is 0 Å². The summed E-state index contributed by atoms with van der Waals surface area (Å²) in [4.78, 5) is 12.8. The van der Waals surface area contributed by atoms with E-state index in [9.17, 15) is 14.3 Å². The fraction of sp³-hybridized carbons (Fsp3) is 0.111. The molecule has 0 aliphatic carbocycles. The van der Waals surface area contributed by atoms with Gasteiger partial charge < -0.3 is 21.1 Å². The summed E-state index contributed by atoms with van der Waals surface area (Å²) in [5.74, 6) is -0.698. The minimum absolute atomic E-state index is 0.0598. The first-order chi connectivity index (χ1) is 12.0. The van der Waals surface area contributed by atoms with E-state index < -0.39 is 6.04 Å². The minimum Gasteiger partial charge on any atom is -0.508 e. The van der Waals surface area contributed by atoms with E-state index in [-0.39, 0.29) is 17.5 Å². The van der Waals surface area contributed by atoms with Gasteiger partial charge in [-0.1, -0.05) is 18.2 Å². The number of hydrogen-bond acceptors (Lipinski definition) is 3. The van der Waals surface area contributed by atoms with E-state index >= 15 is 0 Å². The number of anilines is 1. The van der Waals surface area contributed by atoms with Crippen LogP contribution in [-0.4, -0.2) is 16.1 Å². The second-order valence-electron chi connectivity index (χ2n) is 5.59. The SMILES string of the molecule is CC1=C(C(=O)Nc2ccc(F)cc2)C(c2ccccc2O)NC(=S)N1. The lowest BCUT2D eigenvalue weighted by molar-refractivity contribution is -0.113. The first kappa shape index (κ1) is 16.9. The first-order valence-electron chi connectivity index (χ1n) is 7.59. The first-order valence-corrected chi connectivity index (χ1v) is 7.99. The van der Waals surface area contributed by atoms with Crippen LogP contribution in [-0.2, 0) is 4.79 Å². The molecule has 0 spiro atoms.